The summed E-state index contributed by atoms with van der Waals surface area (Å²) in [6, 6.07) is 5.15. The second-order valence-electron chi connectivity index (χ2n) is 9.58. The Morgan fingerprint density at radius 1 is 1.31 bits per heavy atom. The van der Waals surface area contributed by atoms with Crippen LogP contribution in [0.25, 0.3) is 0 Å². The van der Waals surface area contributed by atoms with Crippen LogP contribution in [0.4, 0.5) is 16.2 Å². The van der Waals surface area contributed by atoms with Crippen LogP contribution in [-0.2, 0) is 11.2 Å². The number of fused-ring (bicyclic) bond motifs is 1. The standard InChI is InChI=1S/C25H37N5O5/c1-15-12-30(16(2)14-31)23(32)11-19-10-20(28(5)6)8-9-21(19)34-22(15)13-29(7)25(33)26-24-17(3)27-35-18(24)4/h8-10,15-16,22,31H,11-14H2,1-7H3,(H,26,33)/t15-,16-,22+/m1/s1. The minimum absolute atomic E-state index is 0.0655. The molecular formula is C25H37N5O5. The Bertz CT molecular complexity index is 1030. The lowest BCUT2D eigenvalue weighted by Gasteiger charge is -2.34. The van der Waals surface area contributed by atoms with E-state index in [-0.39, 0.29) is 36.9 Å². The zero-order valence-electron chi connectivity index (χ0n) is 21.7. The minimum atomic E-state index is -0.390. The van der Waals surface area contributed by atoms with Gasteiger partial charge in [0.25, 0.3) is 0 Å². The van der Waals surface area contributed by atoms with Crippen molar-refractivity contribution in [2.24, 2.45) is 5.92 Å². The van der Waals surface area contributed by atoms with E-state index in [4.69, 9.17) is 9.26 Å². The summed E-state index contributed by atoms with van der Waals surface area (Å²) in [7, 11) is 5.58. The van der Waals surface area contributed by atoms with E-state index < -0.39 is 6.10 Å². The summed E-state index contributed by atoms with van der Waals surface area (Å²) >= 11 is 0. The summed E-state index contributed by atoms with van der Waals surface area (Å²) in [6.45, 7) is 7.90. The first-order valence-electron chi connectivity index (χ1n) is 11.8. The van der Waals surface area contributed by atoms with Crippen molar-refractivity contribution < 1.29 is 24.0 Å². The molecule has 1 aliphatic heterocycles. The van der Waals surface area contributed by atoms with Crippen LogP contribution in [0.15, 0.2) is 22.7 Å². The number of nitrogens with zero attached hydrogens (tertiary/aromatic N) is 4. The molecule has 0 bridgehead atoms. The molecule has 3 atom stereocenters. The summed E-state index contributed by atoms with van der Waals surface area (Å²) in [5.74, 6) is 0.985. The number of aliphatic hydroxyl groups is 1. The van der Waals surface area contributed by atoms with Gasteiger partial charge in [0.1, 0.15) is 23.2 Å². The molecule has 10 nitrogen and oxygen atoms in total. The largest absolute Gasteiger partial charge is 0.488 e. The number of carbonyl (C=O) groups excluding carboxylic acids is 2. The summed E-state index contributed by atoms with van der Waals surface area (Å²) in [5.41, 5.74) is 2.90. The topological polar surface area (TPSA) is 111 Å². The van der Waals surface area contributed by atoms with Crippen LogP contribution < -0.4 is 15.0 Å². The maximum Gasteiger partial charge on any atom is 0.321 e. The first kappa shape index (κ1) is 26.3. The fourth-order valence-electron chi connectivity index (χ4n) is 4.13. The molecule has 1 aromatic heterocycles. The Hall–Kier alpha value is -3.27. The molecular weight excluding hydrogens is 450 g/mol. The number of nitrogens with one attached hydrogen (secondary N) is 1. The van der Waals surface area contributed by atoms with Crippen LogP contribution in [0, 0.1) is 19.8 Å². The Kier molecular flexibility index (Phi) is 8.26. The van der Waals surface area contributed by atoms with Crippen LogP contribution in [0.2, 0.25) is 0 Å². The molecule has 0 aliphatic carbocycles. The number of rotatable bonds is 6. The van der Waals surface area contributed by atoms with Crippen LogP contribution in [0.3, 0.4) is 0 Å². The molecule has 3 amide bonds. The number of amides is 3. The summed E-state index contributed by atoms with van der Waals surface area (Å²) in [5, 5.41) is 16.5. The number of carbonyl (C=O) groups is 2. The maximum atomic E-state index is 13.2. The highest BCUT2D eigenvalue weighted by Crippen LogP contribution is 2.30. The fourth-order valence-corrected chi connectivity index (χ4v) is 4.13. The van der Waals surface area contributed by atoms with Gasteiger partial charge in [0.15, 0.2) is 5.76 Å². The molecule has 0 radical (unpaired) electrons. The summed E-state index contributed by atoms with van der Waals surface area (Å²) in [6.07, 6.45) is -0.220. The van der Waals surface area contributed by atoms with E-state index in [0.717, 1.165) is 11.3 Å². The lowest BCUT2D eigenvalue weighted by molar-refractivity contribution is -0.134. The molecule has 2 heterocycles. The average molecular weight is 488 g/mol. The Morgan fingerprint density at radius 3 is 2.63 bits per heavy atom. The number of aryl methyl sites for hydroxylation is 2. The van der Waals surface area contributed by atoms with Crippen LogP contribution >= 0.6 is 0 Å². The molecule has 0 spiro atoms. The lowest BCUT2D eigenvalue weighted by atomic mass is 10.0. The van der Waals surface area contributed by atoms with Crippen molar-refractivity contribution in [3.8, 4) is 5.75 Å². The third-order valence-electron chi connectivity index (χ3n) is 6.48. The minimum Gasteiger partial charge on any atom is -0.488 e. The van der Waals surface area contributed by atoms with Crippen molar-refractivity contribution in [3.63, 3.8) is 0 Å². The van der Waals surface area contributed by atoms with Gasteiger partial charge in [-0.2, -0.15) is 0 Å². The van der Waals surface area contributed by atoms with Gasteiger partial charge in [-0.25, -0.2) is 4.79 Å². The molecule has 3 rings (SSSR count). The van der Waals surface area contributed by atoms with E-state index in [1.807, 2.05) is 51.0 Å². The summed E-state index contributed by atoms with van der Waals surface area (Å²) in [4.78, 5) is 31.4. The third kappa shape index (κ3) is 6.05. The molecule has 2 aromatic rings. The zero-order chi connectivity index (χ0) is 25.9. The van der Waals surface area contributed by atoms with Gasteiger partial charge in [0, 0.05) is 44.9 Å². The van der Waals surface area contributed by atoms with E-state index in [1.165, 1.54) is 0 Å². The highest BCUT2D eigenvalue weighted by molar-refractivity contribution is 5.90. The molecule has 1 aliphatic rings. The van der Waals surface area contributed by atoms with E-state index in [0.29, 0.717) is 36.0 Å². The molecule has 2 N–H and O–H groups in total. The van der Waals surface area contributed by atoms with Gasteiger partial charge in [-0.1, -0.05) is 12.1 Å². The monoisotopic (exact) mass is 487 g/mol. The van der Waals surface area contributed by atoms with Crippen molar-refractivity contribution in [3.05, 3.63) is 35.2 Å². The predicted octanol–water partition coefficient (Wildman–Crippen LogP) is 2.67. The van der Waals surface area contributed by atoms with Gasteiger partial charge in [0.2, 0.25) is 5.91 Å². The third-order valence-corrected chi connectivity index (χ3v) is 6.48. The second-order valence-corrected chi connectivity index (χ2v) is 9.58. The van der Waals surface area contributed by atoms with E-state index in [2.05, 4.69) is 10.5 Å². The van der Waals surface area contributed by atoms with Gasteiger partial charge >= 0.3 is 6.03 Å². The smallest absolute Gasteiger partial charge is 0.321 e. The van der Waals surface area contributed by atoms with Gasteiger partial charge in [-0.15, -0.1) is 0 Å². The van der Waals surface area contributed by atoms with E-state index >= 15 is 0 Å². The van der Waals surface area contributed by atoms with E-state index in [1.54, 1.807) is 30.7 Å². The second kappa shape index (κ2) is 11.0. The fraction of sp³-hybridized carbons (Fsp3) is 0.560. The number of likely N-dealkylation sites (N-methyl/N-ethyl adjacent to an activating group) is 1. The number of aromatic nitrogens is 1. The highest BCUT2D eigenvalue weighted by atomic mass is 16.5. The van der Waals surface area contributed by atoms with Crippen molar-refractivity contribution in [1.29, 1.82) is 0 Å². The quantitative estimate of drug-likeness (QED) is 0.644. The van der Waals surface area contributed by atoms with Crippen LogP contribution in [0.5, 0.6) is 5.75 Å². The first-order chi connectivity index (χ1) is 16.5. The lowest BCUT2D eigenvalue weighted by Crippen LogP contribution is -2.48. The normalized spacial score (nSPS) is 19.1. The molecule has 0 fully saturated rings. The Labute approximate surface area is 206 Å². The molecule has 35 heavy (non-hydrogen) atoms. The van der Waals surface area contributed by atoms with E-state index in [9.17, 15) is 14.7 Å². The highest BCUT2D eigenvalue weighted by Gasteiger charge is 2.32. The molecule has 0 saturated carbocycles. The van der Waals surface area contributed by atoms with Crippen molar-refractivity contribution in [2.45, 2.75) is 46.3 Å². The number of anilines is 2. The van der Waals surface area contributed by atoms with Gasteiger partial charge in [0.05, 0.1) is 25.6 Å². The number of ether oxygens (including phenoxy) is 1. The van der Waals surface area contributed by atoms with Crippen molar-refractivity contribution in [2.75, 3.05) is 51.1 Å². The first-order valence-corrected chi connectivity index (χ1v) is 11.8. The molecule has 0 saturated heterocycles. The molecule has 10 heteroatoms. The number of urea groups is 1. The molecule has 192 valence electrons. The Balaban J connectivity index is 1.89. The SMILES string of the molecule is Cc1noc(C)c1NC(=O)N(C)C[C@@H]1Oc2ccc(N(C)C)cc2CC(=O)N([C@H](C)CO)C[C@H]1C. The van der Waals surface area contributed by atoms with Crippen molar-refractivity contribution in [1.82, 2.24) is 15.0 Å². The number of hydrogen-bond acceptors (Lipinski definition) is 7. The summed E-state index contributed by atoms with van der Waals surface area (Å²) < 4.78 is 11.6. The van der Waals surface area contributed by atoms with Gasteiger partial charge in [-0.3, -0.25) is 4.79 Å². The zero-order valence-corrected chi connectivity index (χ0v) is 21.7. The number of aliphatic hydroxyl groups excluding tert-OH is 1. The molecule has 1 aromatic carbocycles. The van der Waals surface area contributed by atoms with Gasteiger partial charge in [-0.05, 0) is 39.0 Å². The Morgan fingerprint density at radius 2 is 2.03 bits per heavy atom. The van der Waals surface area contributed by atoms with Gasteiger partial charge < -0.3 is 34.4 Å². The number of benzene rings is 1. The maximum absolute atomic E-state index is 13.2. The van der Waals surface area contributed by atoms with Crippen molar-refractivity contribution >= 4 is 23.3 Å². The van der Waals surface area contributed by atoms with Crippen LogP contribution in [0.1, 0.15) is 30.9 Å². The predicted molar refractivity (Wildman–Crippen MR) is 134 cm³/mol. The molecule has 0 unspecified atom stereocenters. The number of hydrogen-bond donors (Lipinski definition) is 2. The average Bonchev–Trinajstić information content (AvgIpc) is 3.15. The van der Waals surface area contributed by atoms with Crippen LogP contribution in [-0.4, -0.2) is 85.0 Å².